The molecule has 114 valence electrons. The van der Waals surface area contributed by atoms with Crippen LogP contribution in [-0.2, 0) is 10.0 Å². The van der Waals surface area contributed by atoms with Crippen LogP contribution >= 0.6 is 0 Å². The monoisotopic (exact) mass is 312 g/mol. The van der Waals surface area contributed by atoms with Gasteiger partial charge >= 0.3 is 5.97 Å². The van der Waals surface area contributed by atoms with E-state index >= 15 is 0 Å². The summed E-state index contributed by atoms with van der Waals surface area (Å²) in [7, 11) is -3.67. The SMILES string of the molecule is NS(=O)(=O)CC1CCCN1C(=O)c1cccc(C(=O)O)c1. The van der Waals surface area contributed by atoms with Gasteiger partial charge < -0.3 is 10.0 Å². The van der Waals surface area contributed by atoms with E-state index < -0.39 is 22.0 Å². The van der Waals surface area contributed by atoms with Gasteiger partial charge in [-0.3, -0.25) is 4.79 Å². The summed E-state index contributed by atoms with van der Waals surface area (Å²) in [6, 6.07) is 5.23. The van der Waals surface area contributed by atoms with E-state index in [4.69, 9.17) is 10.2 Å². The second kappa shape index (κ2) is 5.82. The Balaban J connectivity index is 2.22. The zero-order valence-corrected chi connectivity index (χ0v) is 12.0. The Morgan fingerprint density at radius 1 is 1.33 bits per heavy atom. The Morgan fingerprint density at radius 2 is 2.00 bits per heavy atom. The third kappa shape index (κ3) is 3.79. The molecule has 0 saturated carbocycles. The van der Waals surface area contributed by atoms with E-state index in [1.807, 2.05) is 0 Å². The van der Waals surface area contributed by atoms with E-state index in [0.717, 1.165) is 0 Å². The summed E-state index contributed by atoms with van der Waals surface area (Å²) in [5, 5.41) is 14.0. The number of likely N-dealkylation sites (tertiary alicyclic amines) is 1. The lowest BCUT2D eigenvalue weighted by molar-refractivity contribution is 0.0697. The minimum absolute atomic E-state index is 0.0167. The molecule has 2 rings (SSSR count). The molecule has 1 unspecified atom stereocenters. The molecular weight excluding hydrogens is 296 g/mol. The van der Waals surface area contributed by atoms with Gasteiger partial charge in [0.25, 0.3) is 5.91 Å². The molecule has 0 radical (unpaired) electrons. The number of sulfonamides is 1. The van der Waals surface area contributed by atoms with Crippen molar-refractivity contribution >= 4 is 21.9 Å². The number of aromatic carboxylic acids is 1. The fourth-order valence-electron chi connectivity index (χ4n) is 2.50. The van der Waals surface area contributed by atoms with Crippen LogP contribution in [-0.4, -0.2) is 48.6 Å². The molecule has 1 saturated heterocycles. The predicted octanol–water partition coefficient (Wildman–Crippen LogP) is 0.278. The van der Waals surface area contributed by atoms with E-state index in [1.165, 1.54) is 29.2 Å². The lowest BCUT2D eigenvalue weighted by atomic mass is 10.1. The van der Waals surface area contributed by atoms with Crippen LogP contribution in [0.4, 0.5) is 0 Å². The molecule has 3 N–H and O–H groups in total. The molecule has 1 amide bonds. The summed E-state index contributed by atoms with van der Waals surface area (Å²) in [4.78, 5) is 24.8. The molecule has 1 fully saturated rings. The van der Waals surface area contributed by atoms with Crippen molar-refractivity contribution in [2.75, 3.05) is 12.3 Å². The van der Waals surface area contributed by atoms with Crippen LogP contribution in [0.1, 0.15) is 33.6 Å². The maximum atomic E-state index is 12.4. The molecule has 21 heavy (non-hydrogen) atoms. The highest BCUT2D eigenvalue weighted by molar-refractivity contribution is 7.89. The van der Waals surface area contributed by atoms with Crippen molar-refractivity contribution in [3.05, 3.63) is 35.4 Å². The number of primary sulfonamides is 1. The Kier molecular flexibility index (Phi) is 4.29. The smallest absolute Gasteiger partial charge is 0.335 e. The predicted molar refractivity (Wildman–Crippen MR) is 75.4 cm³/mol. The molecule has 1 atom stereocenters. The third-order valence-electron chi connectivity index (χ3n) is 3.42. The van der Waals surface area contributed by atoms with E-state index in [-0.39, 0.29) is 22.8 Å². The van der Waals surface area contributed by atoms with Crippen LogP contribution in [0.5, 0.6) is 0 Å². The topological polar surface area (TPSA) is 118 Å². The number of carboxylic acids is 1. The molecule has 1 heterocycles. The normalized spacial score (nSPS) is 18.7. The molecule has 7 nitrogen and oxygen atoms in total. The first-order valence-corrected chi connectivity index (χ1v) is 8.14. The number of nitrogens with zero attached hydrogens (tertiary/aromatic N) is 1. The average Bonchev–Trinajstić information content (AvgIpc) is 2.83. The molecule has 0 aliphatic carbocycles. The summed E-state index contributed by atoms with van der Waals surface area (Å²) < 4.78 is 22.4. The zero-order valence-electron chi connectivity index (χ0n) is 11.2. The molecule has 1 aromatic rings. The number of hydrogen-bond donors (Lipinski definition) is 2. The van der Waals surface area contributed by atoms with E-state index in [9.17, 15) is 18.0 Å². The quantitative estimate of drug-likeness (QED) is 0.828. The number of carbonyl (C=O) groups excluding carboxylic acids is 1. The summed E-state index contributed by atoms with van der Waals surface area (Å²) >= 11 is 0. The van der Waals surface area contributed by atoms with Gasteiger partial charge in [-0.2, -0.15) is 0 Å². The van der Waals surface area contributed by atoms with Gasteiger partial charge in [-0.25, -0.2) is 18.4 Å². The van der Waals surface area contributed by atoms with E-state index in [1.54, 1.807) is 0 Å². The van der Waals surface area contributed by atoms with Crippen LogP contribution in [0.25, 0.3) is 0 Å². The minimum Gasteiger partial charge on any atom is -0.478 e. The molecule has 0 aromatic heterocycles. The standard InChI is InChI=1S/C13H16N2O5S/c14-21(19,20)8-11-5-2-6-15(11)12(16)9-3-1-4-10(7-9)13(17)18/h1,3-4,7,11H,2,5-6,8H2,(H,17,18)(H2,14,19,20). The van der Waals surface area contributed by atoms with Gasteiger partial charge in [0.1, 0.15) is 0 Å². The number of carbonyl (C=O) groups is 2. The highest BCUT2D eigenvalue weighted by Gasteiger charge is 2.32. The van der Waals surface area contributed by atoms with Crippen molar-refractivity contribution in [1.82, 2.24) is 4.90 Å². The van der Waals surface area contributed by atoms with Gasteiger partial charge in [0.2, 0.25) is 10.0 Å². The van der Waals surface area contributed by atoms with Crippen LogP contribution in [0.15, 0.2) is 24.3 Å². The van der Waals surface area contributed by atoms with Crippen LogP contribution in [0, 0.1) is 0 Å². The van der Waals surface area contributed by atoms with E-state index in [0.29, 0.717) is 19.4 Å². The Bertz CT molecular complexity index is 671. The van der Waals surface area contributed by atoms with Crippen molar-refractivity contribution in [2.24, 2.45) is 5.14 Å². The maximum absolute atomic E-state index is 12.4. The van der Waals surface area contributed by atoms with Gasteiger partial charge in [-0.15, -0.1) is 0 Å². The Morgan fingerprint density at radius 3 is 2.62 bits per heavy atom. The van der Waals surface area contributed by atoms with Gasteiger partial charge in [-0.1, -0.05) is 6.07 Å². The largest absolute Gasteiger partial charge is 0.478 e. The molecule has 1 aliphatic rings. The van der Waals surface area contributed by atoms with Crippen molar-refractivity contribution in [3.8, 4) is 0 Å². The van der Waals surface area contributed by atoms with Crippen molar-refractivity contribution in [3.63, 3.8) is 0 Å². The first-order chi connectivity index (χ1) is 9.78. The lowest BCUT2D eigenvalue weighted by Gasteiger charge is -2.24. The first-order valence-electron chi connectivity index (χ1n) is 6.43. The van der Waals surface area contributed by atoms with Gasteiger partial charge in [0, 0.05) is 18.2 Å². The molecular formula is C13H16N2O5S. The highest BCUT2D eigenvalue weighted by Crippen LogP contribution is 2.21. The van der Waals surface area contributed by atoms with Gasteiger partial charge in [0.05, 0.1) is 11.3 Å². The summed E-state index contributed by atoms with van der Waals surface area (Å²) in [6.45, 7) is 0.441. The average molecular weight is 312 g/mol. The van der Waals surface area contributed by atoms with Crippen LogP contribution in [0.3, 0.4) is 0 Å². The Labute approximate surface area is 122 Å². The van der Waals surface area contributed by atoms with E-state index in [2.05, 4.69) is 0 Å². The second-order valence-corrected chi connectivity index (χ2v) is 6.67. The number of hydrogen-bond acceptors (Lipinski definition) is 4. The van der Waals surface area contributed by atoms with Gasteiger partial charge in [0.15, 0.2) is 0 Å². The first kappa shape index (κ1) is 15.5. The maximum Gasteiger partial charge on any atom is 0.335 e. The lowest BCUT2D eigenvalue weighted by Crippen LogP contribution is -2.41. The second-order valence-electron chi connectivity index (χ2n) is 5.01. The van der Waals surface area contributed by atoms with Gasteiger partial charge in [-0.05, 0) is 31.0 Å². The number of nitrogens with two attached hydrogens (primary N) is 1. The number of benzene rings is 1. The Hall–Kier alpha value is -1.93. The molecule has 1 aliphatic heterocycles. The summed E-state index contributed by atoms with van der Waals surface area (Å²) in [6.07, 6.45) is 1.27. The summed E-state index contributed by atoms with van der Waals surface area (Å²) in [5.74, 6) is -1.77. The molecule has 0 spiro atoms. The van der Waals surface area contributed by atoms with Crippen molar-refractivity contribution < 1.29 is 23.1 Å². The third-order valence-corrected chi connectivity index (χ3v) is 4.27. The number of carboxylic acid groups (broad SMARTS) is 1. The minimum atomic E-state index is -3.67. The molecule has 8 heteroatoms. The van der Waals surface area contributed by atoms with Crippen LogP contribution in [0.2, 0.25) is 0 Å². The highest BCUT2D eigenvalue weighted by atomic mass is 32.2. The van der Waals surface area contributed by atoms with Crippen LogP contribution < -0.4 is 5.14 Å². The zero-order chi connectivity index (χ0) is 15.6. The molecule has 0 bridgehead atoms. The summed E-state index contributed by atoms with van der Waals surface area (Å²) in [5.41, 5.74) is 0.249. The fraction of sp³-hybridized carbons (Fsp3) is 0.385. The number of rotatable bonds is 4. The number of amides is 1. The fourth-order valence-corrected chi connectivity index (χ4v) is 3.38. The molecule has 1 aromatic carbocycles. The van der Waals surface area contributed by atoms with Crippen molar-refractivity contribution in [2.45, 2.75) is 18.9 Å². The van der Waals surface area contributed by atoms with Crippen molar-refractivity contribution in [1.29, 1.82) is 0 Å².